The summed E-state index contributed by atoms with van der Waals surface area (Å²) in [6.45, 7) is 3.97. The topological polar surface area (TPSA) is 89.5 Å². The number of hydrogen-bond acceptors (Lipinski definition) is 3. The van der Waals surface area contributed by atoms with Crippen LogP contribution in [-0.2, 0) is 0 Å². The van der Waals surface area contributed by atoms with Gasteiger partial charge in [-0.3, -0.25) is 20.7 Å². The summed E-state index contributed by atoms with van der Waals surface area (Å²) in [5.74, 6) is -0.324. The molecule has 2 aromatic carbocycles. The molecule has 7 heteroatoms. The lowest BCUT2D eigenvalue weighted by atomic mass is 10.1. The maximum Gasteiger partial charge on any atom is 0.287 e. The SMILES string of the molecule is C=C(NNC(=O)c1cc(-c2ccccc2)n[nH]1)c1ccc(-[n+]2cc[nH]c2)cc1. The third-order valence-corrected chi connectivity index (χ3v) is 4.28. The molecule has 0 atom stereocenters. The molecule has 2 heterocycles. The maximum absolute atomic E-state index is 12.3. The number of hydrazine groups is 1. The highest BCUT2D eigenvalue weighted by Crippen LogP contribution is 2.17. The van der Waals surface area contributed by atoms with Crippen LogP contribution in [0.2, 0.25) is 0 Å². The number of amides is 1. The molecular weight excluding hydrogens is 352 g/mol. The Labute approximate surface area is 161 Å². The number of nitrogens with zero attached hydrogens (tertiary/aromatic N) is 2. The molecule has 0 unspecified atom stereocenters. The highest BCUT2D eigenvalue weighted by atomic mass is 16.2. The molecular formula is C21H19N6O+. The number of hydrogen-bond donors (Lipinski definition) is 4. The molecule has 0 radical (unpaired) electrons. The van der Waals surface area contributed by atoms with Crippen LogP contribution in [-0.4, -0.2) is 21.1 Å². The van der Waals surface area contributed by atoms with Gasteiger partial charge in [0.25, 0.3) is 5.91 Å². The molecule has 138 valence electrons. The summed E-state index contributed by atoms with van der Waals surface area (Å²) in [7, 11) is 0. The highest BCUT2D eigenvalue weighted by molar-refractivity contribution is 5.93. The summed E-state index contributed by atoms with van der Waals surface area (Å²) in [4.78, 5) is 15.3. The van der Waals surface area contributed by atoms with Crippen LogP contribution in [0, 0.1) is 0 Å². The van der Waals surface area contributed by atoms with Crippen molar-refractivity contribution in [2.24, 2.45) is 0 Å². The Morgan fingerprint density at radius 1 is 1.04 bits per heavy atom. The number of rotatable bonds is 6. The molecule has 0 aliphatic carbocycles. The van der Waals surface area contributed by atoms with Crippen molar-refractivity contribution in [3.05, 3.63) is 97.2 Å². The van der Waals surface area contributed by atoms with Crippen LogP contribution in [0.4, 0.5) is 0 Å². The van der Waals surface area contributed by atoms with E-state index in [1.807, 2.05) is 77.9 Å². The van der Waals surface area contributed by atoms with Crippen molar-refractivity contribution >= 4 is 11.6 Å². The van der Waals surface area contributed by atoms with E-state index in [1.54, 1.807) is 6.07 Å². The van der Waals surface area contributed by atoms with Gasteiger partial charge in [0, 0.05) is 5.56 Å². The van der Waals surface area contributed by atoms with Crippen LogP contribution in [0.3, 0.4) is 0 Å². The van der Waals surface area contributed by atoms with Gasteiger partial charge in [-0.25, -0.2) is 9.55 Å². The summed E-state index contributed by atoms with van der Waals surface area (Å²) in [6, 6.07) is 19.2. The number of aromatic amines is 2. The lowest BCUT2D eigenvalue weighted by molar-refractivity contribution is -0.594. The van der Waals surface area contributed by atoms with E-state index < -0.39 is 0 Å². The van der Waals surface area contributed by atoms with Gasteiger partial charge < -0.3 is 0 Å². The first-order valence-electron chi connectivity index (χ1n) is 8.71. The fourth-order valence-corrected chi connectivity index (χ4v) is 2.75. The van der Waals surface area contributed by atoms with Gasteiger partial charge in [-0.15, -0.1) is 0 Å². The van der Waals surface area contributed by atoms with Gasteiger partial charge in [0.1, 0.15) is 23.8 Å². The highest BCUT2D eigenvalue weighted by Gasteiger charge is 2.11. The summed E-state index contributed by atoms with van der Waals surface area (Å²) in [5.41, 5.74) is 9.97. The number of imidazole rings is 1. The maximum atomic E-state index is 12.3. The minimum Gasteiger partial charge on any atom is -0.298 e. The van der Waals surface area contributed by atoms with E-state index in [0.29, 0.717) is 17.1 Å². The molecule has 0 saturated carbocycles. The van der Waals surface area contributed by atoms with Crippen LogP contribution in [0.25, 0.3) is 22.6 Å². The summed E-state index contributed by atoms with van der Waals surface area (Å²) in [5, 5.41) is 6.94. The number of carbonyl (C=O) groups excluding carboxylic acids is 1. The fraction of sp³-hybridized carbons (Fsp3) is 0. The molecule has 0 fully saturated rings. The molecule has 4 N–H and O–H groups in total. The molecule has 4 rings (SSSR count). The molecule has 0 spiro atoms. The second kappa shape index (κ2) is 7.63. The monoisotopic (exact) mass is 371 g/mol. The molecule has 2 aromatic heterocycles. The number of nitrogens with one attached hydrogen (secondary N) is 4. The predicted molar refractivity (Wildman–Crippen MR) is 106 cm³/mol. The van der Waals surface area contributed by atoms with Crippen molar-refractivity contribution in [3.8, 4) is 16.9 Å². The average Bonchev–Trinajstić information content (AvgIpc) is 3.45. The quantitative estimate of drug-likeness (QED) is 0.310. The Morgan fingerprint density at radius 2 is 1.82 bits per heavy atom. The molecule has 0 bridgehead atoms. The van der Waals surface area contributed by atoms with Crippen molar-refractivity contribution in [2.75, 3.05) is 0 Å². The van der Waals surface area contributed by atoms with E-state index in [4.69, 9.17) is 0 Å². The molecule has 28 heavy (non-hydrogen) atoms. The number of benzene rings is 2. The van der Waals surface area contributed by atoms with Crippen molar-refractivity contribution < 1.29 is 9.36 Å². The van der Waals surface area contributed by atoms with Gasteiger partial charge >= 0.3 is 0 Å². The molecule has 0 aliphatic rings. The molecule has 0 saturated heterocycles. The summed E-state index contributed by atoms with van der Waals surface area (Å²) in [6.07, 6.45) is 5.63. The van der Waals surface area contributed by atoms with Crippen LogP contribution in [0.5, 0.6) is 0 Å². The predicted octanol–water partition coefficient (Wildman–Crippen LogP) is 2.59. The van der Waals surface area contributed by atoms with E-state index in [-0.39, 0.29) is 5.91 Å². The van der Waals surface area contributed by atoms with Gasteiger partial charge in [-0.05, 0) is 35.9 Å². The third kappa shape index (κ3) is 3.68. The number of aromatic nitrogens is 4. The largest absolute Gasteiger partial charge is 0.298 e. The first kappa shape index (κ1) is 17.3. The summed E-state index contributed by atoms with van der Waals surface area (Å²) >= 11 is 0. The normalized spacial score (nSPS) is 10.4. The van der Waals surface area contributed by atoms with Gasteiger partial charge in [-0.1, -0.05) is 36.9 Å². The zero-order valence-corrected chi connectivity index (χ0v) is 15.0. The Bertz CT molecular complexity index is 1080. The second-order valence-electron chi connectivity index (χ2n) is 6.16. The van der Waals surface area contributed by atoms with Crippen molar-refractivity contribution in [3.63, 3.8) is 0 Å². The fourth-order valence-electron chi connectivity index (χ4n) is 2.75. The van der Waals surface area contributed by atoms with Gasteiger partial charge in [-0.2, -0.15) is 5.10 Å². The van der Waals surface area contributed by atoms with Crippen LogP contribution in [0.1, 0.15) is 16.1 Å². The van der Waals surface area contributed by atoms with E-state index in [1.165, 1.54) is 0 Å². The number of carbonyl (C=O) groups is 1. The molecule has 0 aliphatic heterocycles. The molecule has 7 nitrogen and oxygen atoms in total. The molecule has 4 aromatic rings. The first-order valence-corrected chi connectivity index (χ1v) is 8.71. The Balaban J connectivity index is 1.37. The average molecular weight is 371 g/mol. The van der Waals surface area contributed by atoms with E-state index in [9.17, 15) is 4.79 Å². The second-order valence-corrected chi connectivity index (χ2v) is 6.16. The first-order chi connectivity index (χ1) is 13.7. The van der Waals surface area contributed by atoms with Crippen molar-refractivity contribution in [1.29, 1.82) is 0 Å². The third-order valence-electron chi connectivity index (χ3n) is 4.28. The summed E-state index contributed by atoms with van der Waals surface area (Å²) < 4.78 is 1.96. The Kier molecular flexibility index (Phi) is 4.71. The number of H-pyrrole nitrogens is 2. The lowest BCUT2D eigenvalue weighted by Gasteiger charge is -2.10. The lowest BCUT2D eigenvalue weighted by Crippen LogP contribution is -2.36. The molecule has 1 amide bonds. The Hall–Kier alpha value is -4.13. The standard InChI is InChI=1S/C21H18N6O/c1-15(16-7-9-18(10-8-16)27-12-11-22-14-27)23-26-21(28)20-13-19(24-25-20)17-5-3-2-4-6-17/h2-14H,1H2,(H3,23,24,25,26,28)/p+1. The van der Waals surface area contributed by atoms with Gasteiger partial charge in [0.05, 0.1) is 11.4 Å². The van der Waals surface area contributed by atoms with Crippen molar-refractivity contribution in [2.45, 2.75) is 0 Å². The van der Waals surface area contributed by atoms with E-state index in [2.05, 4.69) is 32.6 Å². The zero-order chi connectivity index (χ0) is 19.3. The van der Waals surface area contributed by atoms with Gasteiger partial charge in [0.15, 0.2) is 0 Å². The van der Waals surface area contributed by atoms with Crippen LogP contribution in [0.15, 0.2) is 86.0 Å². The van der Waals surface area contributed by atoms with E-state index in [0.717, 1.165) is 16.8 Å². The smallest absolute Gasteiger partial charge is 0.287 e. The minimum absolute atomic E-state index is 0.324. The van der Waals surface area contributed by atoms with Crippen molar-refractivity contribution in [1.82, 2.24) is 26.0 Å². The van der Waals surface area contributed by atoms with E-state index >= 15 is 0 Å². The minimum atomic E-state index is -0.324. The Morgan fingerprint density at radius 3 is 2.54 bits per heavy atom. The zero-order valence-electron chi connectivity index (χ0n) is 15.0. The van der Waals surface area contributed by atoms with Crippen LogP contribution < -0.4 is 15.4 Å². The van der Waals surface area contributed by atoms with Crippen LogP contribution >= 0.6 is 0 Å². The van der Waals surface area contributed by atoms with Gasteiger partial charge in [0.2, 0.25) is 6.33 Å².